The molecule has 2 amide bonds. The monoisotopic (exact) mass is 477 g/mol. The van der Waals surface area contributed by atoms with E-state index >= 15 is 0 Å². The van der Waals surface area contributed by atoms with Crippen molar-refractivity contribution >= 4 is 45.8 Å². The maximum absolute atomic E-state index is 12.5. The highest BCUT2D eigenvalue weighted by molar-refractivity contribution is 14.1. The third-order valence-corrected chi connectivity index (χ3v) is 5.90. The number of anilines is 2. The van der Waals surface area contributed by atoms with E-state index in [-0.39, 0.29) is 17.7 Å². The van der Waals surface area contributed by atoms with Crippen molar-refractivity contribution in [1.29, 1.82) is 0 Å². The van der Waals surface area contributed by atoms with Gasteiger partial charge < -0.3 is 10.6 Å². The summed E-state index contributed by atoms with van der Waals surface area (Å²) in [6.45, 7) is 3.80. The molecule has 2 aromatic carbocycles. The number of para-hydroxylation sites is 1. The van der Waals surface area contributed by atoms with Crippen LogP contribution < -0.4 is 10.6 Å². The third kappa shape index (κ3) is 5.77. The van der Waals surface area contributed by atoms with E-state index in [9.17, 15) is 9.59 Å². The summed E-state index contributed by atoms with van der Waals surface area (Å²) in [6, 6.07) is 15.4. The standard InChI is InChI=1S/C21H24IN3O2/c1-15-9-10-18(12-19(15)22)23-20(26)14-25-11-5-6-16(13-25)21(27)24-17-7-3-2-4-8-17/h2-4,7-10,12,16H,5-6,11,13-14H2,1H3,(H,23,26)(H,24,27)/t16-/m0/s1. The Labute approximate surface area is 173 Å². The molecule has 1 aliphatic rings. The zero-order valence-corrected chi connectivity index (χ0v) is 17.5. The van der Waals surface area contributed by atoms with Crippen LogP contribution in [0.15, 0.2) is 48.5 Å². The van der Waals surface area contributed by atoms with Crippen LogP contribution in [-0.2, 0) is 9.59 Å². The van der Waals surface area contributed by atoms with Gasteiger partial charge in [-0.15, -0.1) is 0 Å². The van der Waals surface area contributed by atoms with Gasteiger partial charge in [-0.3, -0.25) is 14.5 Å². The number of carbonyl (C=O) groups is 2. The van der Waals surface area contributed by atoms with Gasteiger partial charge in [0.25, 0.3) is 0 Å². The van der Waals surface area contributed by atoms with Crippen molar-refractivity contribution in [3.8, 4) is 0 Å². The maximum Gasteiger partial charge on any atom is 0.238 e. The van der Waals surface area contributed by atoms with Crippen LogP contribution in [0.2, 0.25) is 0 Å². The van der Waals surface area contributed by atoms with E-state index < -0.39 is 0 Å². The van der Waals surface area contributed by atoms with Crippen LogP contribution in [0.25, 0.3) is 0 Å². The van der Waals surface area contributed by atoms with Gasteiger partial charge in [-0.1, -0.05) is 24.3 Å². The lowest BCUT2D eigenvalue weighted by atomic mass is 9.97. The summed E-state index contributed by atoms with van der Waals surface area (Å²) < 4.78 is 1.13. The number of piperidine rings is 1. The number of carbonyl (C=O) groups excluding carboxylic acids is 2. The Hall–Kier alpha value is -1.93. The number of rotatable bonds is 5. The Balaban J connectivity index is 1.52. The molecule has 0 aromatic heterocycles. The molecule has 27 heavy (non-hydrogen) atoms. The minimum absolute atomic E-state index is 0.0272. The summed E-state index contributed by atoms with van der Waals surface area (Å²) in [5, 5.41) is 5.93. The fourth-order valence-electron chi connectivity index (χ4n) is 3.25. The van der Waals surface area contributed by atoms with Gasteiger partial charge in [0.1, 0.15) is 0 Å². The predicted octanol–water partition coefficient (Wildman–Crippen LogP) is 3.89. The average Bonchev–Trinajstić information content (AvgIpc) is 2.66. The Morgan fingerprint density at radius 2 is 1.89 bits per heavy atom. The lowest BCUT2D eigenvalue weighted by Gasteiger charge is -2.31. The first-order valence-corrected chi connectivity index (χ1v) is 10.2. The fourth-order valence-corrected chi connectivity index (χ4v) is 3.77. The molecule has 1 fully saturated rings. The summed E-state index contributed by atoms with van der Waals surface area (Å²) in [6.07, 6.45) is 1.77. The van der Waals surface area contributed by atoms with Gasteiger partial charge in [0, 0.05) is 21.5 Å². The maximum atomic E-state index is 12.5. The van der Waals surface area contributed by atoms with E-state index in [1.165, 1.54) is 5.56 Å². The largest absolute Gasteiger partial charge is 0.326 e. The Bertz CT molecular complexity index is 810. The Morgan fingerprint density at radius 1 is 1.11 bits per heavy atom. The predicted molar refractivity (Wildman–Crippen MR) is 117 cm³/mol. The first-order valence-electron chi connectivity index (χ1n) is 9.15. The number of hydrogen-bond donors (Lipinski definition) is 2. The van der Waals surface area contributed by atoms with Crippen molar-refractivity contribution in [3.63, 3.8) is 0 Å². The first kappa shape index (κ1) is 19.8. The van der Waals surface area contributed by atoms with Gasteiger partial charge >= 0.3 is 0 Å². The SMILES string of the molecule is Cc1ccc(NC(=O)CN2CCC[C@H](C(=O)Nc3ccccc3)C2)cc1I. The van der Waals surface area contributed by atoms with Gasteiger partial charge in [0.05, 0.1) is 12.5 Å². The number of nitrogens with zero attached hydrogens (tertiary/aromatic N) is 1. The molecule has 1 heterocycles. The molecule has 2 aromatic rings. The second-order valence-corrected chi connectivity index (χ2v) is 8.10. The number of aryl methyl sites for hydroxylation is 1. The van der Waals surface area contributed by atoms with Crippen molar-refractivity contribution in [2.75, 3.05) is 30.3 Å². The summed E-state index contributed by atoms with van der Waals surface area (Å²) >= 11 is 2.26. The second-order valence-electron chi connectivity index (χ2n) is 6.94. The third-order valence-electron chi connectivity index (χ3n) is 4.74. The highest BCUT2D eigenvalue weighted by Gasteiger charge is 2.26. The molecule has 0 bridgehead atoms. The van der Waals surface area contributed by atoms with Crippen molar-refractivity contribution < 1.29 is 9.59 Å². The minimum Gasteiger partial charge on any atom is -0.326 e. The minimum atomic E-state index is -0.0907. The topological polar surface area (TPSA) is 61.4 Å². The lowest BCUT2D eigenvalue weighted by molar-refractivity contribution is -0.123. The average molecular weight is 477 g/mol. The molecule has 5 nitrogen and oxygen atoms in total. The number of benzene rings is 2. The molecule has 0 saturated carbocycles. The van der Waals surface area contributed by atoms with Crippen molar-refractivity contribution in [2.45, 2.75) is 19.8 Å². The van der Waals surface area contributed by atoms with Crippen molar-refractivity contribution in [3.05, 3.63) is 57.7 Å². The van der Waals surface area contributed by atoms with Crippen molar-refractivity contribution in [1.82, 2.24) is 4.90 Å². The van der Waals surface area contributed by atoms with E-state index in [1.54, 1.807) is 0 Å². The van der Waals surface area contributed by atoms with E-state index in [1.807, 2.05) is 55.5 Å². The highest BCUT2D eigenvalue weighted by atomic mass is 127. The summed E-state index contributed by atoms with van der Waals surface area (Å²) in [5.74, 6) is -0.106. The Morgan fingerprint density at radius 3 is 2.63 bits per heavy atom. The molecule has 1 atom stereocenters. The van der Waals surface area contributed by atoms with Crippen LogP contribution >= 0.6 is 22.6 Å². The van der Waals surface area contributed by atoms with Crippen LogP contribution in [0.4, 0.5) is 11.4 Å². The number of hydrogen-bond acceptors (Lipinski definition) is 3. The van der Waals surface area contributed by atoms with E-state index in [0.717, 1.165) is 34.3 Å². The fraction of sp³-hybridized carbons (Fsp3) is 0.333. The molecular weight excluding hydrogens is 453 g/mol. The number of halogens is 1. The molecule has 3 rings (SSSR count). The molecule has 0 aliphatic carbocycles. The van der Waals surface area contributed by atoms with Crippen LogP contribution in [0.3, 0.4) is 0 Å². The van der Waals surface area contributed by atoms with Crippen LogP contribution in [-0.4, -0.2) is 36.3 Å². The lowest BCUT2D eigenvalue weighted by Crippen LogP contribution is -2.44. The molecule has 6 heteroatoms. The molecule has 0 unspecified atom stereocenters. The highest BCUT2D eigenvalue weighted by Crippen LogP contribution is 2.20. The smallest absolute Gasteiger partial charge is 0.238 e. The molecule has 0 spiro atoms. The summed E-state index contributed by atoms with van der Waals surface area (Å²) in [7, 11) is 0. The summed E-state index contributed by atoms with van der Waals surface area (Å²) in [4.78, 5) is 27.0. The molecule has 2 N–H and O–H groups in total. The van der Waals surface area contributed by atoms with Gasteiger partial charge in [-0.25, -0.2) is 0 Å². The second kappa shape index (κ2) is 9.32. The first-order chi connectivity index (χ1) is 13.0. The zero-order chi connectivity index (χ0) is 19.2. The zero-order valence-electron chi connectivity index (χ0n) is 15.4. The molecule has 0 radical (unpaired) electrons. The molecule has 1 saturated heterocycles. The van der Waals surface area contributed by atoms with Gasteiger partial charge in [0.15, 0.2) is 0 Å². The summed E-state index contributed by atoms with van der Waals surface area (Å²) in [5.41, 5.74) is 2.81. The van der Waals surface area contributed by atoms with Crippen LogP contribution in [0.1, 0.15) is 18.4 Å². The number of nitrogens with one attached hydrogen (secondary N) is 2. The van der Waals surface area contributed by atoms with Crippen molar-refractivity contribution in [2.24, 2.45) is 5.92 Å². The molecular formula is C21H24IN3O2. The van der Waals surface area contributed by atoms with Crippen LogP contribution in [0.5, 0.6) is 0 Å². The van der Waals surface area contributed by atoms with Gasteiger partial charge in [-0.2, -0.15) is 0 Å². The van der Waals surface area contributed by atoms with E-state index in [4.69, 9.17) is 0 Å². The molecule has 1 aliphatic heterocycles. The molecule has 142 valence electrons. The number of likely N-dealkylation sites (tertiary alicyclic amines) is 1. The van der Waals surface area contributed by atoms with E-state index in [2.05, 4.69) is 38.1 Å². The number of amides is 2. The Kier molecular flexibility index (Phi) is 6.84. The van der Waals surface area contributed by atoms with Gasteiger partial charge in [-0.05, 0) is 78.7 Å². The van der Waals surface area contributed by atoms with E-state index in [0.29, 0.717) is 13.1 Å². The normalized spacial score (nSPS) is 17.3. The quantitative estimate of drug-likeness (QED) is 0.643. The van der Waals surface area contributed by atoms with Crippen LogP contribution in [0, 0.1) is 16.4 Å². The van der Waals surface area contributed by atoms with Gasteiger partial charge in [0.2, 0.25) is 11.8 Å².